The minimum Gasteiger partial charge on any atom is -0.382 e. The van der Waals surface area contributed by atoms with Crippen molar-refractivity contribution in [3.05, 3.63) is 23.8 Å². The van der Waals surface area contributed by atoms with Crippen LogP contribution in [0.5, 0.6) is 0 Å². The lowest BCUT2D eigenvalue weighted by Gasteiger charge is -2.29. The zero-order chi connectivity index (χ0) is 19.2. The number of H-pyrrole nitrogens is 1. The van der Waals surface area contributed by atoms with Crippen LogP contribution in [-0.4, -0.2) is 46.2 Å². The molecule has 27 heavy (non-hydrogen) atoms. The van der Waals surface area contributed by atoms with E-state index in [1.807, 2.05) is 4.90 Å². The lowest BCUT2D eigenvalue weighted by Crippen LogP contribution is -2.36. The number of ether oxygens (including phenoxy) is 1. The number of nitrogens with zero attached hydrogens (tertiary/aromatic N) is 4. The van der Waals surface area contributed by atoms with Crippen LogP contribution in [0, 0.1) is 0 Å². The van der Waals surface area contributed by atoms with Gasteiger partial charge in [0.25, 0.3) is 0 Å². The number of nitrogen functional groups attached to an aromatic ring is 2. The number of nitrogens with one attached hydrogen (secondary N) is 1. The number of halogens is 3. The van der Waals surface area contributed by atoms with E-state index in [9.17, 15) is 13.2 Å². The highest BCUT2D eigenvalue weighted by Crippen LogP contribution is 2.39. The van der Waals surface area contributed by atoms with Gasteiger partial charge in [-0.3, -0.25) is 0 Å². The highest BCUT2D eigenvalue weighted by Gasteiger charge is 2.35. The van der Waals surface area contributed by atoms with Crippen molar-refractivity contribution < 1.29 is 17.9 Å². The lowest BCUT2D eigenvalue weighted by molar-refractivity contribution is -0.137. The molecule has 0 bridgehead atoms. The van der Waals surface area contributed by atoms with Crippen LogP contribution in [0.3, 0.4) is 0 Å². The molecule has 3 aromatic rings. The molecule has 3 heterocycles. The van der Waals surface area contributed by atoms with Gasteiger partial charge in [-0.2, -0.15) is 23.1 Å². The summed E-state index contributed by atoms with van der Waals surface area (Å²) in [4.78, 5) is 16.5. The quantitative estimate of drug-likeness (QED) is 0.623. The van der Waals surface area contributed by atoms with Crippen molar-refractivity contribution >= 4 is 28.6 Å². The summed E-state index contributed by atoms with van der Waals surface area (Å²) in [7, 11) is 0. The molecule has 1 saturated heterocycles. The Labute approximate surface area is 151 Å². The van der Waals surface area contributed by atoms with E-state index >= 15 is 0 Å². The van der Waals surface area contributed by atoms with Gasteiger partial charge in [-0.1, -0.05) is 0 Å². The van der Waals surface area contributed by atoms with Gasteiger partial charge < -0.3 is 26.1 Å². The molecule has 1 aliphatic rings. The molecule has 0 spiro atoms. The van der Waals surface area contributed by atoms with Crippen LogP contribution in [0.25, 0.3) is 22.6 Å². The summed E-state index contributed by atoms with van der Waals surface area (Å²) in [6.45, 7) is 2.03. The van der Waals surface area contributed by atoms with Gasteiger partial charge in [0.05, 0.1) is 18.8 Å². The largest absolute Gasteiger partial charge is 0.417 e. The Morgan fingerprint density at radius 3 is 2.52 bits per heavy atom. The molecular weight excluding hydrogens is 363 g/mol. The monoisotopic (exact) mass is 379 g/mol. The fourth-order valence-corrected chi connectivity index (χ4v) is 3.06. The van der Waals surface area contributed by atoms with Crippen LogP contribution in [-0.2, 0) is 10.9 Å². The number of nitrogens with two attached hydrogens (primary N) is 2. The zero-order valence-corrected chi connectivity index (χ0v) is 14.0. The molecule has 142 valence electrons. The second-order valence-electron chi connectivity index (χ2n) is 6.08. The number of hydrogen-bond acceptors (Lipinski definition) is 7. The third-order valence-corrected chi connectivity index (χ3v) is 4.33. The number of rotatable bonds is 2. The zero-order valence-electron chi connectivity index (χ0n) is 14.0. The Balaban J connectivity index is 1.83. The van der Waals surface area contributed by atoms with Crippen LogP contribution >= 0.6 is 0 Å². The summed E-state index contributed by atoms with van der Waals surface area (Å²) in [5.41, 5.74) is 11.2. The summed E-state index contributed by atoms with van der Waals surface area (Å²) in [5, 5.41) is 0. The molecule has 0 aliphatic carbocycles. The van der Waals surface area contributed by atoms with Gasteiger partial charge >= 0.3 is 6.18 Å². The summed E-state index contributed by atoms with van der Waals surface area (Å²) >= 11 is 0. The van der Waals surface area contributed by atoms with Crippen molar-refractivity contribution in [3.63, 3.8) is 0 Å². The van der Waals surface area contributed by atoms with Gasteiger partial charge in [-0.25, -0.2) is 4.98 Å². The Morgan fingerprint density at radius 1 is 1.07 bits per heavy atom. The van der Waals surface area contributed by atoms with Gasteiger partial charge in [-0.05, 0) is 18.2 Å². The van der Waals surface area contributed by atoms with Gasteiger partial charge in [0.1, 0.15) is 5.82 Å². The first-order valence-electron chi connectivity index (χ1n) is 8.16. The second kappa shape index (κ2) is 6.27. The Bertz CT molecular complexity index is 996. The first-order valence-corrected chi connectivity index (χ1v) is 8.16. The molecule has 5 N–H and O–H groups in total. The molecule has 1 fully saturated rings. The first-order chi connectivity index (χ1) is 12.8. The standard InChI is InChI=1S/C16H16F3N7O/c17-16(18,19)10-7-8(26-3-5-27-6-4-26)1-2-9(10)13-22-11-12(20)23-15(21)25-14(11)24-13/h1-2,7H,3-6H2,(H5,20,21,22,23,24,25). The summed E-state index contributed by atoms with van der Waals surface area (Å²) < 4.78 is 46.4. The van der Waals surface area contributed by atoms with Gasteiger partial charge in [0, 0.05) is 24.3 Å². The maximum atomic E-state index is 13.7. The smallest absolute Gasteiger partial charge is 0.382 e. The summed E-state index contributed by atoms with van der Waals surface area (Å²) in [6.07, 6.45) is -4.56. The maximum Gasteiger partial charge on any atom is 0.417 e. The molecule has 0 saturated carbocycles. The average Bonchev–Trinajstić information content (AvgIpc) is 3.05. The highest BCUT2D eigenvalue weighted by atomic mass is 19.4. The topological polar surface area (TPSA) is 119 Å². The fraction of sp³-hybridized carbons (Fsp3) is 0.312. The van der Waals surface area contributed by atoms with E-state index in [0.717, 1.165) is 6.07 Å². The van der Waals surface area contributed by atoms with Crippen molar-refractivity contribution in [3.8, 4) is 11.4 Å². The van der Waals surface area contributed by atoms with Crippen LogP contribution < -0.4 is 16.4 Å². The number of alkyl halides is 3. The number of imidazole rings is 1. The third kappa shape index (κ3) is 3.21. The Morgan fingerprint density at radius 2 is 1.81 bits per heavy atom. The van der Waals surface area contributed by atoms with Gasteiger partial charge in [0.15, 0.2) is 17.0 Å². The molecule has 8 nitrogen and oxygen atoms in total. The minimum atomic E-state index is -4.56. The van der Waals surface area contributed by atoms with E-state index in [1.54, 1.807) is 6.07 Å². The van der Waals surface area contributed by atoms with Crippen molar-refractivity contribution in [2.45, 2.75) is 6.18 Å². The van der Waals surface area contributed by atoms with E-state index in [1.165, 1.54) is 6.07 Å². The highest BCUT2D eigenvalue weighted by molar-refractivity contribution is 5.86. The molecule has 0 unspecified atom stereocenters. The van der Waals surface area contributed by atoms with Crippen molar-refractivity contribution in [1.29, 1.82) is 0 Å². The van der Waals surface area contributed by atoms with E-state index < -0.39 is 11.7 Å². The lowest BCUT2D eigenvalue weighted by atomic mass is 10.0. The van der Waals surface area contributed by atoms with E-state index in [2.05, 4.69) is 19.9 Å². The SMILES string of the molecule is Nc1nc(N)c2nc(-c3ccc(N4CCOCC4)cc3C(F)(F)F)[nH]c2n1. The minimum absolute atomic E-state index is 0.00139. The third-order valence-electron chi connectivity index (χ3n) is 4.33. The molecule has 11 heteroatoms. The predicted molar refractivity (Wildman–Crippen MR) is 94.0 cm³/mol. The number of morpholine rings is 1. The number of benzene rings is 1. The molecule has 0 amide bonds. The van der Waals surface area contributed by atoms with Crippen molar-refractivity contribution in [1.82, 2.24) is 19.9 Å². The van der Waals surface area contributed by atoms with E-state index in [4.69, 9.17) is 16.2 Å². The molecule has 2 aromatic heterocycles. The maximum absolute atomic E-state index is 13.7. The van der Waals surface area contributed by atoms with E-state index in [-0.39, 0.29) is 34.3 Å². The number of hydrogen-bond donors (Lipinski definition) is 3. The second-order valence-corrected chi connectivity index (χ2v) is 6.08. The van der Waals surface area contributed by atoms with E-state index in [0.29, 0.717) is 32.0 Å². The Hall–Kier alpha value is -3.08. The number of aromatic nitrogens is 4. The number of fused-ring (bicyclic) bond motifs is 1. The van der Waals surface area contributed by atoms with Gasteiger partial charge in [-0.15, -0.1) is 0 Å². The molecular formula is C16H16F3N7O. The summed E-state index contributed by atoms with van der Waals surface area (Å²) in [6, 6.07) is 4.14. The fourth-order valence-electron chi connectivity index (χ4n) is 3.06. The van der Waals surface area contributed by atoms with Crippen LogP contribution in [0.4, 0.5) is 30.6 Å². The molecule has 1 aliphatic heterocycles. The first kappa shape index (κ1) is 17.3. The normalized spacial score (nSPS) is 15.4. The van der Waals surface area contributed by atoms with Crippen molar-refractivity contribution in [2.75, 3.05) is 42.7 Å². The molecule has 1 aromatic carbocycles. The van der Waals surface area contributed by atoms with Crippen LogP contribution in [0.15, 0.2) is 18.2 Å². The number of anilines is 3. The molecule has 0 atom stereocenters. The van der Waals surface area contributed by atoms with Crippen LogP contribution in [0.1, 0.15) is 5.56 Å². The summed E-state index contributed by atoms with van der Waals surface area (Å²) in [5.74, 6) is -0.0927. The number of aromatic amines is 1. The van der Waals surface area contributed by atoms with Crippen LogP contribution in [0.2, 0.25) is 0 Å². The Kier molecular flexibility index (Phi) is 4.02. The van der Waals surface area contributed by atoms with Gasteiger partial charge in [0.2, 0.25) is 5.95 Å². The predicted octanol–water partition coefficient (Wildman–Crippen LogP) is 2.04. The van der Waals surface area contributed by atoms with Crippen molar-refractivity contribution in [2.24, 2.45) is 0 Å². The molecule has 4 rings (SSSR count). The molecule has 0 radical (unpaired) electrons. The average molecular weight is 379 g/mol.